The van der Waals surface area contributed by atoms with Crippen LogP contribution in [0.4, 0.5) is 0 Å². The van der Waals surface area contributed by atoms with Crippen LogP contribution in [0.3, 0.4) is 0 Å². The summed E-state index contributed by atoms with van der Waals surface area (Å²) in [5.41, 5.74) is 1.45. The highest BCUT2D eigenvalue weighted by Crippen LogP contribution is 2.67. The molecule has 0 radical (unpaired) electrons. The van der Waals surface area contributed by atoms with Crippen LogP contribution in [0, 0.1) is 40.4 Å². The minimum Gasteiger partial charge on any atom is -0.0651 e. The Bertz CT molecular complexity index is 399. The van der Waals surface area contributed by atoms with Crippen LogP contribution in [-0.2, 0) is 0 Å². The molecule has 4 fully saturated rings. The molecule has 21 heavy (non-hydrogen) atoms. The van der Waals surface area contributed by atoms with Crippen LogP contribution < -0.4 is 0 Å². The molecule has 4 aliphatic rings. The highest BCUT2D eigenvalue weighted by atomic mass is 14.6. The van der Waals surface area contributed by atoms with Gasteiger partial charge in [0.15, 0.2) is 0 Å². The first-order valence-corrected chi connectivity index (χ1v) is 10.1. The van der Waals surface area contributed by atoms with Crippen molar-refractivity contribution in [2.45, 2.75) is 91.4 Å². The fourth-order valence-electron chi connectivity index (χ4n) is 8.07. The van der Waals surface area contributed by atoms with E-state index < -0.39 is 0 Å². The van der Waals surface area contributed by atoms with Gasteiger partial charge in [0.25, 0.3) is 0 Å². The van der Waals surface area contributed by atoms with Gasteiger partial charge in [0, 0.05) is 0 Å². The molecule has 0 aromatic heterocycles. The minimum atomic E-state index is 0.716. The summed E-state index contributed by atoms with van der Waals surface area (Å²) in [5.74, 6) is 5.39. The summed E-state index contributed by atoms with van der Waals surface area (Å²) in [5, 5.41) is 0. The van der Waals surface area contributed by atoms with Gasteiger partial charge in [0.1, 0.15) is 0 Å². The van der Waals surface area contributed by atoms with Crippen LogP contribution in [0.15, 0.2) is 0 Å². The van der Waals surface area contributed by atoms with Crippen molar-refractivity contribution >= 4 is 0 Å². The highest BCUT2D eigenvalue weighted by molar-refractivity contribution is 5.08. The second-order valence-electron chi connectivity index (χ2n) is 9.63. The molecule has 0 nitrogen and oxygen atoms in total. The van der Waals surface area contributed by atoms with Gasteiger partial charge in [0.2, 0.25) is 0 Å². The van der Waals surface area contributed by atoms with Gasteiger partial charge >= 0.3 is 0 Å². The molecule has 7 atom stereocenters. The zero-order valence-corrected chi connectivity index (χ0v) is 14.7. The van der Waals surface area contributed by atoms with Gasteiger partial charge in [-0.25, -0.2) is 0 Å². The van der Waals surface area contributed by atoms with E-state index >= 15 is 0 Å². The Kier molecular flexibility index (Phi) is 3.47. The third-order valence-corrected chi connectivity index (χ3v) is 9.27. The molecule has 0 spiro atoms. The molecule has 120 valence electrons. The molecule has 4 saturated carbocycles. The average Bonchev–Trinajstić information content (AvgIpc) is 2.83. The van der Waals surface area contributed by atoms with Crippen molar-refractivity contribution in [1.29, 1.82) is 0 Å². The molecular weight excluding hydrogens is 252 g/mol. The standard InChI is InChI=1S/C21H36/c1-4-15-9-11-18-17-10-8-16-7-5-6-13-20(16,2)19(17)12-14-21(15,18)3/h15-19H,4-14H2,1-3H3/t15-,16+,17?,18-,19-,20-,21+/m0/s1. The molecule has 0 aromatic rings. The number of hydrogen-bond donors (Lipinski definition) is 0. The van der Waals surface area contributed by atoms with E-state index in [4.69, 9.17) is 0 Å². The van der Waals surface area contributed by atoms with Crippen molar-refractivity contribution in [2.75, 3.05) is 0 Å². The Morgan fingerprint density at radius 2 is 1.57 bits per heavy atom. The maximum absolute atomic E-state index is 2.71. The van der Waals surface area contributed by atoms with Gasteiger partial charge in [-0.15, -0.1) is 0 Å². The van der Waals surface area contributed by atoms with Gasteiger partial charge in [-0.2, -0.15) is 0 Å². The van der Waals surface area contributed by atoms with Crippen molar-refractivity contribution in [3.05, 3.63) is 0 Å². The molecule has 4 aliphatic carbocycles. The topological polar surface area (TPSA) is 0 Å². The zero-order valence-electron chi connectivity index (χ0n) is 14.7. The predicted molar refractivity (Wildman–Crippen MR) is 90.1 cm³/mol. The van der Waals surface area contributed by atoms with Crippen molar-refractivity contribution in [3.63, 3.8) is 0 Å². The second kappa shape index (κ2) is 5.00. The maximum atomic E-state index is 2.71. The van der Waals surface area contributed by atoms with E-state index in [2.05, 4.69) is 20.8 Å². The van der Waals surface area contributed by atoms with Crippen LogP contribution in [-0.4, -0.2) is 0 Å². The van der Waals surface area contributed by atoms with E-state index in [9.17, 15) is 0 Å². The van der Waals surface area contributed by atoms with Gasteiger partial charge in [-0.05, 0) is 91.8 Å². The molecule has 0 N–H and O–H groups in total. The van der Waals surface area contributed by atoms with Crippen LogP contribution >= 0.6 is 0 Å². The van der Waals surface area contributed by atoms with E-state index in [0.29, 0.717) is 5.41 Å². The van der Waals surface area contributed by atoms with Crippen LogP contribution in [0.1, 0.15) is 91.4 Å². The normalized spacial score (nSPS) is 56.4. The summed E-state index contributed by atoms with van der Waals surface area (Å²) in [6, 6.07) is 0. The first-order chi connectivity index (χ1) is 10.1. The van der Waals surface area contributed by atoms with Gasteiger partial charge in [-0.3, -0.25) is 0 Å². The van der Waals surface area contributed by atoms with Crippen molar-refractivity contribution in [1.82, 2.24) is 0 Å². The SMILES string of the molecule is CC[C@H]1CC[C@H]2C3CC[C@H]4CCCC[C@]4(C)[C@H]3CC[C@]12C. The third-order valence-electron chi connectivity index (χ3n) is 9.27. The largest absolute Gasteiger partial charge is 0.0651 e. The predicted octanol–water partition coefficient (Wildman–Crippen LogP) is 6.45. The van der Waals surface area contributed by atoms with E-state index in [1.165, 1.54) is 19.3 Å². The Labute approximate surface area is 132 Å². The lowest BCUT2D eigenvalue weighted by Gasteiger charge is -2.60. The van der Waals surface area contributed by atoms with Crippen molar-refractivity contribution < 1.29 is 0 Å². The summed E-state index contributed by atoms with van der Waals surface area (Å²) in [6.45, 7) is 7.84. The lowest BCUT2D eigenvalue weighted by atomic mass is 9.45. The fraction of sp³-hybridized carbons (Fsp3) is 1.00. The fourth-order valence-corrected chi connectivity index (χ4v) is 8.07. The van der Waals surface area contributed by atoms with E-state index in [0.717, 1.165) is 35.0 Å². The lowest BCUT2D eigenvalue weighted by Crippen LogP contribution is -2.52. The molecule has 0 saturated heterocycles. The monoisotopic (exact) mass is 288 g/mol. The molecule has 0 amide bonds. The average molecular weight is 289 g/mol. The van der Waals surface area contributed by atoms with Gasteiger partial charge < -0.3 is 0 Å². The molecule has 0 bridgehead atoms. The Morgan fingerprint density at radius 1 is 0.762 bits per heavy atom. The summed E-state index contributed by atoms with van der Waals surface area (Å²) >= 11 is 0. The van der Waals surface area contributed by atoms with Crippen molar-refractivity contribution in [2.24, 2.45) is 40.4 Å². The molecular formula is C21H36. The summed E-state index contributed by atoms with van der Waals surface area (Å²) < 4.78 is 0. The van der Waals surface area contributed by atoms with Crippen LogP contribution in [0.25, 0.3) is 0 Å². The van der Waals surface area contributed by atoms with Crippen LogP contribution in [0.5, 0.6) is 0 Å². The Morgan fingerprint density at radius 3 is 2.38 bits per heavy atom. The van der Waals surface area contributed by atoms with Crippen molar-refractivity contribution in [3.8, 4) is 0 Å². The molecule has 0 aliphatic heterocycles. The molecule has 0 heteroatoms. The molecule has 4 rings (SSSR count). The highest BCUT2D eigenvalue weighted by Gasteiger charge is 2.59. The van der Waals surface area contributed by atoms with Crippen LogP contribution in [0.2, 0.25) is 0 Å². The zero-order chi connectivity index (χ0) is 14.7. The number of rotatable bonds is 1. The second-order valence-corrected chi connectivity index (χ2v) is 9.63. The first kappa shape index (κ1) is 14.6. The van der Waals surface area contributed by atoms with Gasteiger partial charge in [-0.1, -0.05) is 40.0 Å². The molecule has 0 aromatic carbocycles. The lowest BCUT2D eigenvalue weighted by molar-refractivity contribution is -0.110. The minimum absolute atomic E-state index is 0.716. The molecule has 1 unspecified atom stereocenters. The quantitative estimate of drug-likeness (QED) is 0.520. The third kappa shape index (κ3) is 1.93. The first-order valence-electron chi connectivity index (χ1n) is 10.1. The van der Waals surface area contributed by atoms with E-state index in [-0.39, 0.29) is 0 Å². The Balaban J connectivity index is 1.62. The van der Waals surface area contributed by atoms with Gasteiger partial charge in [0.05, 0.1) is 0 Å². The summed E-state index contributed by atoms with van der Waals surface area (Å²) in [4.78, 5) is 0. The Hall–Kier alpha value is 0. The summed E-state index contributed by atoms with van der Waals surface area (Å²) in [6.07, 6.45) is 17.0. The smallest absolute Gasteiger partial charge is 0.0266 e. The number of fused-ring (bicyclic) bond motifs is 5. The van der Waals surface area contributed by atoms with E-state index in [1.807, 2.05) is 0 Å². The molecule has 0 heterocycles. The van der Waals surface area contributed by atoms with E-state index in [1.54, 1.807) is 51.4 Å². The summed E-state index contributed by atoms with van der Waals surface area (Å²) in [7, 11) is 0. The number of hydrogen-bond acceptors (Lipinski definition) is 0. The maximum Gasteiger partial charge on any atom is -0.0266 e.